The number of hydrogen-bond donors (Lipinski definition) is 2. The van der Waals surface area contributed by atoms with E-state index in [1.165, 1.54) is 13.0 Å². The minimum atomic E-state index is -0.979. The number of nitrogens with zero attached hydrogens (tertiary/aromatic N) is 1. The maximum absolute atomic E-state index is 11.1. The summed E-state index contributed by atoms with van der Waals surface area (Å²) in [5.74, 6) is -0.0209. The molecule has 0 saturated heterocycles. The Balaban J connectivity index is 1.68. The lowest BCUT2D eigenvalue weighted by Crippen LogP contribution is -2.04. The Morgan fingerprint density at radius 3 is 2.48 bits per heavy atom. The van der Waals surface area contributed by atoms with Crippen molar-refractivity contribution in [2.45, 2.75) is 13.5 Å². The summed E-state index contributed by atoms with van der Waals surface area (Å²) in [6, 6.07) is 19.2. The van der Waals surface area contributed by atoms with Crippen LogP contribution in [0.25, 0.3) is 0 Å². The number of aliphatic imine (C=N–C) groups is 1. The molecule has 7 heteroatoms. The largest absolute Gasteiger partial charge is 0.493 e. The summed E-state index contributed by atoms with van der Waals surface area (Å²) < 4.78 is 11.2. The molecular weight excluding hydrogens is 396 g/mol. The Labute approximate surface area is 180 Å². The van der Waals surface area contributed by atoms with Gasteiger partial charge in [-0.25, -0.2) is 4.79 Å². The van der Waals surface area contributed by atoms with E-state index >= 15 is 0 Å². The second-order valence-electron chi connectivity index (χ2n) is 6.69. The number of benzene rings is 3. The molecule has 7 nitrogen and oxygen atoms in total. The van der Waals surface area contributed by atoms with Crippen LogP contribution in [0.1, 0.15) is 28.4 Å². The minimum absolute atomic E-state index is 0.125. The number of carbonyl (C=O) groups is 2. The number of aromatic carboxylic acids is 1. The number of amides is 1. The lowest BCUT2D eigenvalue weighted by Gasteiger charge is -2.11. The summed E-state index contributed by atoms with van der Waals surface area (Å²) in [6.07, 6.45) is 1.70. The Kier molecular flexibility index (Phi) is 7.01. The molecule has 3 aromatic rings. The molecule has 31 heavy (non-hydrogen) atoms. The van der Waals surface area contributed by atoms with E-state index in [4.69, 9.17) is 14.6 Å². The number of carboxylic acids is 1. The zero-order valence-electron chi connectivity index (χ0n) is 17.2. The fourth-order valence-corrected chi connectivity index (χ4v) is 2.82. The molecule has 0 aromatic heterocycles. The van der Waals surface area contributed by atoms with Gasteiger partial charge in [0.1, 0.15) is 6.61 Å². The Bertz CT molecular complexity index is 1110. The van der Waals surface area contributed by atoms with E-state index in [9.17, 15) is 9.59 Å². The van der Waals surface area contributed by atoms with Gasteiger partial charge in [0, 0.05) is 18.8 Å². The van der Waals surface area contributed by atoms with Crippen LogP contribution in [0.4, 0.5) is 11.4 Å². The molecule has 0 aliphatic heterocycles. The number of carboxylic acid groups (broad SMARTS) is 1. The van der Waals surface area contributed by atoms with Gasteiger partial charge in [0.2, 0.25) is 5.91 Å². The highest BCUT2D eigenvalue weighted by Gasteiger charge is 2.08. The molecule has 0 spiro atoms. The van der Waals surface area contributed by atoms with E-state index in [0.29, 0.717) is 17.2 Å². The Hall–Kier alpha value is -4.13. The highest BCUT2D eigenvalue weighted by molar-refractivity contribution is 5.89. The molecule has 0 aliphatic rings. The lowest BCUT2D eigenvalue weighted by atomic mass is 10.1. The highest BCUT2D eigenvalue weighted by atomic mass is 16.5. The first-order valence-corrected chi connectivity index (χ1v) is 9.49. The molecule has 0 bridgehead atoms. The fourth-order valence-electron chi connectivity index (χ4n) is 2.82. The van der Waals surface area contributed by atoms with Gasteiger partial charge >= 0.3 is 5.97 Å². The van der Waals surface area contributed by atoms with Gasteiger partial charge in [0.25, 0.3) is 0 Å². The third-order valence-corrected chi connectivity index (χ3v) is 4.31. The summed E-state index contributed by atoms with van der Waals surface area (Å²) in [7, 11) is 1.55. The molecule has 0 heterocycles. The minimum Gasteiger partial charge on any atom is -0.493 e. The Morgan fingerprint density at radius 2 is 1.81 bits per heavy atom. The van der Waals surface area contributed by atoms with Crippen molar-refractivity contribution >= 4 is 29.5 Å². The van der Waals surface area contributed by atoms with Gasteiger partial charge in [-0.15, -0.1) is 0 Å². The molecule has 0 saturated carbocycles. The van der Waals surface area contributed by atoms with E-state index in [-0.39, 0.29) is 18.1 Å². The van der Waals surface area contributed by atoms with E-state index in [1.54, 1.807) is 55.8 Å². The third kappa shape index (κ3) is 6.17. The van der Waals surface area contributed by atoms with Crippen LogP contribution in [0.15, 0.2) is 71.7 Å². The van der Waals surface area contributed by atoms with Gasteiger partial charge in [0.05, 0.1) is 18.4 Å². The molecule has 3 rings (SSSR count). The standard InChI is InChI=1S/C24H22N2O5/c1-16(27)26-21-9-7-20(8-10-21)25-14-17-6-11-22(23(13-17)30-2)31-15-18-4-3-5-19(12-18)24(28)29/h3-14H,15H2,1-2H3,(H,26,27)(H,28,29). The van der Waals surface area contributed by atoms with Crippen LogP contribution in [0.3, 0.4) is 0 Å². The maximum atomic E-state index is 11.1. The molecule has 0 radical (unpaired) electrons. The Morgan fingerprint density at radius 1 is 1.03 bits per heavy atom. The first-order chi connectivity index (χ1) is 14.9. The van der Waals surface area contributed by atoms with E-state index in [1.807, 2.05) is 18.2 Å². The van der Waals surface area contributed by atoms with Gasteiger partial charge in [-0.1, -0.05) is 12.1 Å². The first-order valence-electron chi connectivity index (χ1n) is 9.49. The SMILES string of the molecule is COc1cc(C=Nc2ccc(NC(C)=O)cc2)ccc1OCc1cccc(C(=O)O)c1. The highest BCUT2D eigenvalue weighted by Crippen LogP contribution is 2.29. The van der Waals surface area contributed by atoms with Crippen molar-refractivity contribution in [2.24, 2.45) is 4.99 Å². The van der Waals surface area contributed by atoms with Gasteiger partial charge in [0.15, 0.2) is 11.5 Å². The summed E-state index contributed by atoms with van der Waals surface area (Å²) in [4.78, 5) is 26.6. The van der Waals surface area contributed by atoms with E-state index in [0.717, 1.165) is 16.8 Å². The van der Waals surface area contributed by atoms with Crippen molar-refractivity contribution in [1.82, 2.24) is 0 Å². The van der Waals surface area contributed by atoms with Crippen molar-refractivity contribution in [3.63, 3.8) is 0 Å². The van der Waals surface area contributed by atoms with Crippen molar-refractivity contribution in [2.75, 3.05) is 12.4 Å². The average Bonchev–Trinajstić information content (AvgIpc) is 2.77. The van der Waals surface area contributed by atoms with Crippen molar-refractivity contribution in [3.8, 4) is 11.5 Å². The molecule has 0 aliphatic carbocycles. The van der Waals surface area contributed by atoms with Crippen LogP contribution in [-0.2, 0) is 11.4 Å². The molecule has 0 unspecified atom stereocenters. The number of anilines is 1. The summed E-state index contributed by atoms with van der Waals surface area (Å²) in [6.45, 7) is 1.67. The number of nitrogens with one attached hydrogen (secondary N) is 1. The van der Waals surface area contributed by atoms with Gasteiger partial charge < -0.3 is 19.9 Å². The van der Waals surface area contributed by atoms with Crippen LogP contribution >= 0.6 is 0 Å². The molecule has 2 N–H and O–H groups in total. The smallest absolute Gasteiger partial charge is 0.335 e. The topological polar surface area (TPSA) is 97.2 Å². The van der Waals surface area contributed by atoms with Crippen LogP contribution in [0.2, 0.25) is 0 Å². The number of rotatable bonds is 8. The lowest BCUT2D eigenvalue weighted by molar-refractivity contribution is -0.114. The van der Waals surface area contributed by atoms with Crippen LogP contribution in [0.5, 0.6) is 11.5 Å². The molecule has 0 atom stereocenters. The molecule has 1 amide bonds. The third-order valence-electron chi connectivity index (χ3n) is 4.31. The van der Waals surface area contributed by atoms with Crippen molar-refractivity contribution < 1.29 is 24.2 Å². The predicted octanol–water partition coefficient (Wildman–Crippen LogP) is 4.68. The second kappa shape index (κ2) is 10.1. The quantitative estimate of drug-likeness (QED) is 0.518. The molecule has 158 valence electrons. The van der Waals surface area contributed by atoms with Gasteiger partial charge in [-0.05, 0) is 65.7 Å². The van der Waals surface area contributed by atoms with Crippen LogP contribution < -0.4 is 14.8 Å². The number of methoxy groups -OCH3 is 1. The zero-order valence-corrected chi connectivity index (χ0v) is 17.2. The summed E-state index contributed by atoms with van der Waals surface area (Å²) in [5.41, 5.74) is 3.23. The van der Waals surface area contributed by atoms with Crippen molar-refractivity contribution in [1.29, 1.82) is 0 Å². The van der Waals surface area contributed by atoms with E-state index in [2.05, 4.69) is 10.3 Å². The zero-order chi connectivity index (χ0) is 22.2. The first kappa shape index (κ1) is 21.6. The van der Waals surface area contributed by atoms with Crippen LogP contribution in [-0.4, -0.2) is 30.3 Å². The summed E-state index contributed by atoms with van der Waals surface area (Å²) in [5, 5.41) is 11.8. The number of ether oxygens (including phenoxy) is 2. The predicted molar refractivity (Wildman–Crippen MR) is 119 cm³/mol. The van der Waals surface area contributed by atoms with Crippen LogP contribution in [0, 0.1) is 0 Å². The molecular formula is C24H22N2O5. The average molecular weight is 418 g/mol. The number of carbonyl (C=O) groups excluding carboxylic acids is 1. The van der Waals surface area contributed by atoms with Crippen molar-refractivity contribution in [3.05, 3.63) is 83.4 Å². The maximum Gasteiger partial charge on any atom is 0.335 e. The monoisotopic (exact) mass is 418 g/mol. The normalized spacial score (nSPS) is 10.6. The molecule has 0 fully saturated rings. The fraction of sp³-hybridized carbons (Fsp3) is 0.125. The molecule has 3 aromatic carbocycles. The number of hydrogen-bond acceptors (Lipinski definition) is 5. The summed E-state index contributed by atoms with van der Waals surface area (Å²) >= 11 is 0. The van der Waals surface area contributed by atoms with Gasteiger partial charge in [-0.2, -0.15) is 0 Å². The van der Waals surface area contributed by atoms with E-state index < -0.39 is 5.97 Å². The van der Waals surface area contributed by atoms with Gasteiger partial charge in [-0.3, -0.25) is 9.79 Å². The second-order valence-corrected chi connectivity index (χ2v) is 6.69.